The molecule has 1 spiro atoms. The second kappa shape index (κ2) is 3.68. The zero-order chi connectivity index (χ0) is 14.1. The SMILES string of the molecule is CCC(O)(O)[C@]1(C)N(CC2CC2(F)F)CCC12CC2. The van der Waals surface area contributed by atoms with Gasteiger partial charge in [0.05, 0.1) is 5.54 Å². The maximum atomic E-state index is 13.1. The van der Waals surface area contributed by atoms with E-state index in [1.165, 1.54) is 0 Å². The Morgan fingerprint density at radius 1 is 1.26 bits per heavy atom. The summed E-state index contributed by atoms with van der Waals surface area (Å²) in [7, 11) is 0. The first-order valence-corrected chi connectivity index (χ1v) is 7.26. The Kier molecular flexibility index (Phi) is 2.66. The average Bonchev–Trinajstić information content (AvgIpc) is 3.19. The summed E-state index contributed by atoms with van der Waals surface area (Å²) in [5.41, 5.74) is -0.857. The largest absolute Gasteiger partial charge is 0.364 e. The van der Waals surface area contributed by atoms with Crippen molar-refractivity contribution in [3.8, 4) is 0 Å². The Bertz CT molecular complexity index is 395. The third-order valence-corrected chi connectivity index (χ3v) is 6.05. The second-order valence-corrected chi connectivity index (χ2v) is 6.88. The maximum Gasteiger partial charge on any atom is 0.252 e. The van der Waals surface area contributed by atoms with Crippen molar-refractivity contribution in [2.45, 2.75) is 63.2 Å². The first-order valence-electron chi connectivity index (χ1n) is 7.26. The molecule has 2 aliphatic carbocycles. The van der Waals surface area contributed by atoms with Crippen molar-refractivity contribution in [2.75, 3.05) is 13.1 Å². The zero-order valence-corrected chi connectivity index (χ0v) is 11.6. The molecule has 3 rings (SSSR count). The molecule has 0 aromatic rings. The minimum atomic E-state index is -2.54. The Balaban J connectivity index is 1.84. The van der Waals surface area contributed by atoms with Crippen molar-refractivity contribution in [1.82, 2.24) is 4.90 Å². The van der Waals surface area contributed by atoms with Gasteiger partial charge in [-0.1, -0.05) is 6.92 Å². The second-order valence-electron chi connectivity index (χ2n) is 6.88. The number of nitrogens with zero attached hydrogens (tertiary/aromatic N) is 1. The Labute approximate surface area is 112 Å². The van der Waals surface area contributed by atoms with E-state index in [1.807, 2.05) is 11.8 Å². The molecule has 0 radical (unpaired) electrons. The molecule has 0 amide bonds. The smallest absolute Gasteiger partial charge is 0.252 e. The van der Waals surface area contributed by atoms with Gasteiger partial charge >= 0.3 is 0 Å². The third-order valence-electron chi connectivity index (χ3n) is 6.05. The fourth-order valence-electron chi connectivity index (χ4n) is 4.07. The van der Waals surface area contributed by atoms with E-state index in [2.05, 4.69) is 0 Å². The van der Waals surface area contributed by atoms with Gasteiger partial charge in [0.1, 0.15) is 0 Å². The van der Waals surface area contributed by atoms with Crippen molar-refractivity contribution in [3.63, 3.8) is 0 Å². The van der Waals surface area contributed by atoms with Crippen molar-refractivity contribution in [1.29, 1.82) is 0 Å². The van der Waals surface area contributed by atoms with Gasteiger partial charge in [0.25, 0.3) is 5.92 Å². The number of aliphatic hydroxyl groups is 2. The summed E-state index contributed by atoms with van der Waals surface area (Å²) < 4.78 is 26.3. The number of halogens is 2. The minimum Gasteiger partial charge on any atom is -0.364 e. The fraction of sp³-hybridized carbons (Fsp3) is 1.00. The summed E-state index contributed by atoms with van der Waals surface area (Å²) in [6, 6.07) is 0. The number of likely N-dealkylation sites (tertiary alicyclic amines) is 1. The number of hydrogen-bond donors (Lipinski definition) is 2. The van der Waals surface area contributed by atoms with E-state index in [1.54, 1.807) is 6.92 Å². The van der Waals surface area contributed by atoms with Crippen LogP contribution in [0.25, 0.3) is 0 Å². The molecule has 0 bridgehead atoms. The molecule has 2 saturated carbocycles. The normalized spacial score (nSPS) is 39.8. The highest BCUT2D eigenvalue weighted by Crippen LogP contribution is 2.66. The molecule has 3 fully saturated rings. The van der Waals surface area contributed by atoms with Crippen molar-refractivity contribution in [3.05, 3.63) is 0 Å². The molecular formula is C14H23F2NO2. The van der Waals surface area contributed by atoms with Gasteiger partial charge in [-0.2, -0.15) is 0 Å². The Morgan fingerprint density at radius 2 is 1.84 bits per heavy atom. The highest BCUT2D eigenvalue weighted by Gasteiger charge is 2.71. The van der Waals surface area contributed by atoms with Crippen LogP contribution in [-0.4, -0.2) is 45.5 Å². The van der Waals surface area contributed by atoms with Crippen LogP contribution in [0.3, 0.4) is 0 Å². The molecule has 0 aromatic heterocycles. The topological polar surface area (TPSA) is 43.7 Å². The van der Waals surface area contributed by atoms with Crippen LogP contribution in [0.4, 0.5) is 8.78 Å². The van der Waals surface area contributed by atoms with Crippen molar-refractivity contribution >= 4 is 0 Å². The predicted octanol–water partition coefficient (Wildman–Crippen LogP) is 1.98. The molecule has 5 heteroatoms. The lowest BCUT2D eigenvalue weighted by Gasteiger charge is -2.48. The molecule has 19 heavy (non-hydrogen) atoms. The van der Waals surface area contributed by atoms with Gasteiger partial charge in [-0.15, -0.1) is 0 Å². The molecule has 3 nitrogen and oxygen atoms in total. The van der Waals surface area contributed by atoms with E-state index in [4.69, 9.17) is 0 Å². The predicted molar refractivity (Wildman–Crippen MR) is 66.8 cm³/mol. The van der Waals surface area contributed by atoms with Crippen molar-refractivity contribution < 1.29 is 19.0 Å². The third kappa shape index (κ3) is 1.71. The molecule has 1 saturated heterocycles. The van der Waals surface area contributed by atoms with Gasteiger partial charge in [-0.3, -0.25) is 4.90 Å². The quantitative estimate of drug-likeness (QED) is 0.771. The van der Waals surface area contributed by atoms with E-state index >= 15 is 0 Å². The van der Waals surface area contributed by atoms with Gasteiger partial charge in [0, 0.05) is 25.3 Å². The summed E-state index contributed by atoms with van der Waals surface area (Å²) in [4.78, 5) is 1.93. The van der Waals surface area contributed by atoms with Crippen LogP contribution in [-0.2, 0) is 0 Å². The van der Waals surface area contributed by atoms with Crippen molar-refractivity contribution in [2.24, 2.45) is 11.3 Å². The van der Waals surface area contributed by atoms with Crippen LogP contribution < -0.4 is 0 Å². The Morgan fingerprint density at radius 3 is 2.26 bits per heavy atom. The molecule has 0 aromatic carbocycles. The summed E-state index contributed by atoms with van der Waals surface area (Å²) in [5, 5.41) is 20.8. The summed E-state index contributed by atoms with van der Waals surface area (Å²) >= 11 is 0. The number of alkyl halides is 2. The first kappa shape index (κ1) is 13.7. The highest BCUT2D eigenvalue weighted by molar-refractivity contribution is 5.21. The molecule has 1 unspecified atom stereocenters. The molecular weight excluding hydrogens is 252 g/mol. The van der Waals surface area contributed by atoms with Gasteiger partial charge in [-0.25, -0.2) is 8.78 Å². The highest BCUT2D eigenvalue weighted by atomic mass is 19.3. The van der Waals surface area contributed by atoms with Gasteiger partial charge < -0.3 is 10.2 Å². The fourth-order valence-corrected chi connectivity index (χ4v) is 4.07. The van der Waals surface area contributed by atoms with E-state index < -0.39 is 23.2 Å². The Hall–Kier alpha value is -0.260. The average molecular weight is 275 g/mol. The van der Waals surface area contributed by atoms with E-state index in [0.29, 0.717) is 6.54 Å². The summed E-state index contributed by atoms with van der Waals surface area (Å²) in [6.07, 6.45) is 3.02. The molecule has 3 aliphatic rings. The van der Waals surface area contributed by atoms with Gasteiger partial charge in [0.15, 0.2) is 5.79 Å². The maximum absolute atomic E-state index is 13.1. The number of rotatable bonds is 4. The summed E-state index contributed by atoms with van der Waals surface area (Å²) in [6.45, 7) is 4.58. The monoisotopic (exact) mass is 275 g/mol. The summed E-state index contributed by atoms with van der Waals surface area (Å²) in [5.74, 6) is -4.95. The molecule has 1 heterocycles. The van der Waals surface area contributed by atoms with E-state index in [-0.39, 0.29) is 24.8 Å². The van der Waals surface area contributed by atoms with Crippen LogP contribution in [0.5, 0.6) is 0 Å². The first-order chi connectivity index (χ1) is 8.69. The van der Waals surface area contributed by atoms with E-state index in [9.17, 15) is 19.0 Å². The molecule has 2 N–H and O–H groups in total. The number of hydrogen-bond acceptors (Lipinski definition) is 3. The van der Waals surface area contributed by atoms with Crippen LogP contribution in [0.2, 0.25) is 0 Å². The lowest BCUT2D eigenvalue weighted by atomic mass is 9.75. The van der Waals surface area contributed by atoms with Crippen LogP contribution in [0.1, 0.15) is 46.0 Å². The zero-order valence-electron chi connectivity index (χ0n) is 11.6. The lowest BCUT2D eigenvalue weighted by Crippen LogP contribution is -2.63. The van der Waals surface area contributed by atoms with Gasteiger partial charge in [-0.05, 0) is 38.1 Å². The van der Waals surface area contributed by atoms with Crippen LogP contribution in [0, 0.1) is 11.3 Å². The van der Waals surface area contributed by atoms with Gasteiger partial charge in [0.2, 0.25) is 0 Å². The molecule has 2 atom stereocenters. The standard InChI is InChI=1S/C14H23F2NO2/c1-3-14(18,19)11(2)12(4-5-12)6-7-17(11)9-10-8-13(10,15)16/h10,18-19H,3-9H2,1-2H3/t10?,11-/m1/s1. The van der Waals surface area contributed by atoms with Crippen LogP contribution in [0.15, 0.2) is 0 Å². The lowest BCUT2D eigenvalue weighted by molar-refractivity contribution is -0.254. The molecule has 1 aliphatic heterocycles. The minimum absolute atomic E-state index is 0.0530. The van der Waals surface area contributed by atoms with E-state index in [0.717, 1.165) is 19.3 Å². The molecule has 110 valence electrons. The van der Waals surface area contributed by atoms with Crippen LogP contribution >= 0.6 is 0 Å².